The van der Waals surface area contributed by atoms with Crippen LogP contribution in [0.1, 0.15) is 29.2 Å². The molecule has 0 spiro atoms. The molecule has 3 aliphatic heterocycles. The van der Waals surface area contributed by atoms with Gasteiger partial charge in [-0.15, -0.1) is 11.8 Å². The van der Waals surface area contributed by atoms with Crippen LogP contribution in [-0.4, -0.2) is 42.4 Å². The second-order valence-electron chi connectivity index (χ2n) is 8.32. The van der Waals surface area contributed by atoms with Crippen molar-refractivity contribution in [3.05, 3.63) is 87.4 Å². The summed E-state index contributed by atoms with van der Waals surface area (Å²) in [5, 5.41) is 7.73. The summed E-state index contributed by atoms with van der Waals surface area (Å²) in [5.41, 5.74) is 3.65. The predicted molar refractivity (Wildman–Crippen MR) is 130 cm³/mol. The number of likely N-dealkylation sites (tertiary alicyclic amines) is 1. The van der Waals surface area contributed by atoms with Gasteiger partial charge in [0, 0.05) is 34.8 Å². The van der Waals surface area contributed by atoms with Crippen molar-refractivity contribution in [1.82, 2.24) is 9.91 Å². The first-order chi connectivity index (χ1) is 15.1. The van der Waals surface area contributed by atoms with Crippen LogP contribution in [0.3, 0.4) is 0 Å². The van der Waals surface area contributed by atoms with E-state index in [1.165, 1.54) is 21.6 Å². The lowest BCUT2D eigenvalue weighted by molar-refractivity contribution is 0.114. The van der Waals surface area contributed by atoms with E-state index >= 15 is 0 Å². The van der Waals surface area contributed by atoms with E-state index in [2.05, 4.69) is 65.7 Å². The van der Waals surface area contributed by atoms with Crippen LogP contribution in [0.2, 0.25) is 5.02 Å². The Labute approximate surface area is 193 Å². The third-order valence-electron chi connectivity index (χ3n) is 5.89. The van der Waals surface area contributed by atoms with Gasteiger partial charge in [0.15, 0.2) is 0 Å². The molecule has 0 saturated carbocycles. The van der Waals surface area contributed by atoms with Crippen molar-refractivity contribution < 1.29 is 4.74 Å². The maximum atomic E-state index is 6.25. The Bertz CT molecular complexity index is 1030. The molecule has 0 aliphatic carbocycles. The van der Waals surface area contributed by atoms with Crippen LogP contribution in [-0.2, 0) is 6.54 Å². The Kier molecular flexibility index (Phi) is 6.08. The van der Waals surface area contributed by atoms with Crippen LogP contribution < -0.4 is 4.74 Å². The minimum Gasteiger partial charge on any atom is -0.490 e. The van der Waals surface area contributed by atoms with E-state index in [0.29, 0.717) is 11.4 Å². The van der Waals surface area contributed by atoms with E-state index < -0.39 is 0 Å². The van der Waals surface area contributed by atoms with E-state index in [0.717, 1.165) is 43.2 Å². The quantitative estimate of drug-likeness (QED) is 0.568. The first-order valence-corrected chi connectivity index (χ1v) is 12.0. The van der Waals surface area contributed by atoms with E-state index in [9.17, 15) is 0 Å². The number of ether oxygens (including phenoxy) is 1. The normalized spacial score (nSPS) is 21.6. The van der Waals surface area contributed by atoms with Gasteiger partial charge >= 0.3 is 0 Å². The standard InChI is InChI=1S/C25H26ClN3OS/c1-28-11-9-22(10-12-28)30-23-4-2-3-18(13-23)16-29-17-25-20(15-27-29)14-24(31-25)19-5-7-21(26)8-6-19/h2-8,13-15,17,22,24H,9-12,16H2,1H3. The van der Waals surface area contributed by atoms with Gasteiger partial charge in [-0.25, -0.2) is 0 Å². The summed E-state index contributed by atoms with van der Waals surface area (Å²) in [6.45, 7) is 2.93. The van der Waals surface area contributed by atoms with Gasteiger partial charge in [0.25, 0.3) is 0 Å². The average molecular weight is 452 g/mol. The zero-order chi connectivity index (χ0) is 21.2. The second kappa shape index (κ2) is 9.11. The molecule has 0 aromatic heterocycles. The lowest BCUT2D eigenvalue weighted by Crippen LogP contribution is -2.35. The molecular formula is C25H26ClN3OS. The molecule has 0 radical (unpaired) electrons. The average Bonchev–Trinajstić information content (AvgIpc) is 3.20. The summed E-state index contributed by atoms with van der Waals surface area (Å²) < 4.78 is 6.25. The lowest BCUT2D eigenvalue weighted by atomic mass is 10.1. The Morgan fingerprint density at radius 2 is 1.94 bits per heavy atom. The molecule has 6 heteroatoms. The number of halogens is 1. The summed E-state index contributed by atoms with van der Waals surface area (Å²) in [4.78, 5) is 3.62. The van der Waals surface area contributed by atoms with Crippen molar-refractivity contribution in [2.45, 2.75) is 30.7 Å². The summed E-state index contributed by atoms with van der Waals surface area (Å²) in [6, 6.07) is 16.5. The van der Waals surface area contributed by atoms with Crippen molar-refractivity contribution in [1.29, 1.82) is 0 Å². The Hall–Kier alpha value is -2.21. The van der Waals surface area contributed by atoms with Gasteiger partial charge in [0.2, 0.25) is 0 Å². The second-order valence-corrected chi connectivity index (χ2v) is 9.94. The fourth-order valence-electron chi connectivity index (χ4n) is 4.10. The number of thioether (sulfide) groups is 1. The molecule has 2 aromatic rings. The lowest BCUT2D eigenvalue weighted by Gasteiger charge is -2.29. The van der Waals surface area contributed by atoms with Crippen LogP contribution in [0.25, 0.3) is 0 Å². The van der Waals surface area contributed by atoms with Crippen LogP contribution in [0.15, 0.2) is 76.4 Å². The van der Waals surface area contributed by atoms with Crippen LogP contribution >= 0.6 is 23.4 Å². The summed E-state index contributed by atoms with van der Waals surface area (Å²) >= 11 is 7.89. The van der Waals surface area contributed by atoms with Crippen LogP contribution in [0.5, 0.6) is 5.75 Å². The molecule has 5 rings (SSSR count). The largest absolute Gasteiger partial charge is 0.490 e. The molecular weight excluding hydrogens is 426 g/mol. The van der Waals surface area contributed by atoms with Gasteiger partial charge in [0.05, 0.1) is 18.0 Å². The van der Waals surface area contributed by atoms with Gasteiger partial charge < -0.3 is 9.64 Å². The maximum Gasteiger partial charge on any atom is 0.120 e. The van der Waals surface area contributed by atoms with Crippen LogP contribution in [0.4, 0.5) is 0 Å². The number of hydrogen-bond acceptors (Lipinski definition) is 5. The predicted octanol–water partition coefficient (Wildman–Crippen LogP) is 5.87. The Morgan fingerprint density at radius 3 is 2.74 bits per heavy atom. The minimum atomic E-state index is 0.302. The number of nitrogens with zero attached hydrogens (tertiary/aromatic N) is 3. The first kappa shape index (κ1) is 20.7. The molecule has 31 heavy (non-hydrogen) atoms. The molecule has 3 aliphatic rings. The fourth-order valence-corrected chi connectivity index (χ4v) is 5.45. The van der Waals surface area contributed by atoms with E-state index in [4.69, 9.17) is 16.3 Å². The first-order valence-electron chi connectivity index (χ1n) is 10.7. The highest BCUT2D eigenvalue weighted by Crippen LogP contribution is 2.47. The highest BCUT2D eigenvalue weighted by Gasteiger charge is 2.25. The van der Waals surface area contributed by atoms with Crippen molar-refractivity contribution in [2.75, 3.05) is 20.1 Å². The molecule has 0 amide bonds. The van der Waals surface area contributed by atoms with E-state index in [1.54, 1.807) is 0 Å². The molecule has 4 nitrogen and oxygen atoms in total. The number of hydrazone groups is 1. The number of piperidine rings is 1. The summed E-state index contributed by atoms with van der Waals surface area (Å²) in [5.74, 6) is 0.958. The van der Waals surface area contributed by atoms with Gasteiger partial charge in [-0.3, -0.25) is 5.01 Å². The Morgan fingerprint density at radius 1 is 1.13 bits per heavy atom. The van der Waals surface area contributed by atoms with E-state index in [-0.39, 0.29) is 0 Å². The molecule has 1 saturated heterocycles. The van der Waals surface area contributed by atoms with Crippen molar-refractivity contribution in [3.8, 4) is 5.75 Å². The van der Waals surface area contributed by atoms with Gasteiger partial charge in [-0.05, 0) is 55.3 Å². The zero-order valence-corrected chi connectivity index (χ0v) is 19.1. The molecule has 3 heterocycles. The number of hydrogen-bond donors (Lipinski definition) is 0. The highest BCUT2D eigenvalue weighted by atomic mass is 35.5. The van der Waals surface area contributed by atoms with Crippen LogP contribution in [0, 0.1) is 0 Å². The number of allylic oxidation sites excluding steroid dienone is 1. The number of benzene rings is 2. The van der Waals surface area contributed by atoms with Gasteiger partial charge in [-0.1, -0.05) is 41.9 Å². The SMILES string of the molecule is CN1CCC(Oc2cccc(CN3C=C4SC(c5ccc(Cl)cc5)C=C4C=N3)c2)CC1. The minimum absolute atomic E-state index is 0.302. The van der Waals surface area contributed by atoms with Crippen molar-refractivity contribution in [3.63, 3.8) is 0 Å². The maximum absolute atomic E-state index is 6.25. The molecule has 1 fully saturated rings. The summed E-state index contributed by atoms with van der Waals surface area (Å²) in [7, 11) is 2.17. The molecule has 0 N–H and O–H groups in total. The van der Waals surface area contributed by atoms with Crippen molar-refractivity contribution in [2.24, 2.45) is 5.10 Å². The molecule has 1 unspecified atom stereocenters. The van der Waals surface area contributed by atoms with Gasteiger partial charge in [-0.2, -0.15) is 5.10 Å². The third kappa shape index (κ3) is 5.00. The zero-order valence-electron chi connectivity index (χ0n) is 17.6. The molecule has 160 valence electrons. The van der Waals surface area contributed by atoms with Crippen molar-refractivity contribution >= 4 is 29.6 Å². The smallest absolute Gasteiger partial charge is 0.120 e. The topological polar surface area (TPSA) is 28.1 Å². The summed E-state index contributed by atoms with van der Waals surface area (Å²) in [6.07, 6.45) is 8.88. The third-order valence-corrected chi connectivity index (χ3v) is 7.40. The number of rotatable bonds is 5. The molecule has 2 aromatic carbocycles. The Balaban J connectivity index is 1.22. The number of fused-ring (bicyclic) bond motifs is 1. The molecule has 0 bridgehead atoms. The van der Waals surface area contributed by atoms with Gasteiger partial charge in [0.1, 0.15) is 11.9 Å². The highest BCUT2D eigenvalue weighted by molar-refractivity contribution is 8.04. The van der Waals surface area contributed by atoms with E-state index in [1.807, 2.05) is 35.1 Å². The fraction of sp³-hybridized carbons (Fsp3) is 0.320. The monoisotopic (exact) mass is 451 g/mol. The molecule has 1 atom stereocenters.